The minimum Gasteiger partial charge on any atom is -0.396 e. The molecule has 1 aromatic heterocycles. The highest BCUT2D eigenvalue weighted by Gasteiger charge is 2.26. The third-order valence-electron chi connectivity index (χ3n) is 5.07. The van der Waals surface area contributed by atoms with Gasteiger partial charge in [-0.1, -0.05) is 13.8 Å². The first-order valence-corrected chi connectivity index (χ1v) is 8.35. The number of nitrogens with zero attached hydrogens (tertiary/aromatic N) is 2. The second-order valence-corrected chi connectivity index (χ2v) is 6.29. The van der Waals surface area contributed by atoms with Gasteiger partial charge in [0.1, 0.15) is 11.6 Å². The highest BCUT2D eigenvalue weighted by atomic mass is 16.3. The summed E-state index contributed by atoms with van der Waals surface area (Å²) < 4.78 is 0. The summed E-state index contributed by atoms with van der Waals surface area (Å²) in [6.07, 6.45) is 7.63. The van der Waals surface area contributed by atoms with Gasteiger partial charge in [-0.2, -0.15) is 0 Å². The average molecular weight is 291 g/mol. The van der Waals surface area contributed by atoms with E-state index >= 15 is 0 Å². The molecule has 0 amide bonds. The molecule has 4 heteroatoms. The Labute approximate surface area is 128 Å². The Balaban J connectivity index is 2.17. The van der Waals surface area contributed by atoms with Gasteiger partial charge >= 0.3 is 0 Å². The van der Waals surface area contributed by atoms with Crippen LogP contribution in [0.1, 0.15) is 63.0 Å². The molecule has 0 bridgehead atoms. The van der Waals surface area contributed by atoms with E-state index in [9.17, 15) is 5.11 Å². The molecule has 0 aromatic carbocycles. The molecule has 0 fully saturated rings. The summed E-state index contributed by atoms with van der Waals surface area (Å²) in [4.78, 5) is 9.24. The van der Waals surface area contributed by atoms with Crippen LogP contribution in [0.15, 0.2) is 0 Å². The van der Waals surface area contributed by atoms with E-state index in [2.05, 4.69) is 29.1 Å². The van der Waals surface area contributed by atoms with Gasteiger partial charge in [-0.25, -0.2) is 9.97 Å². The van der Waals surface area contributed by atoms with Crippen molar-refractivity contribution in [1.82, 2.24) is 9.97 Å². The van der Waals surface area contributed by atoms with Crippen molar-refractivity contribution in [3.8, 4) is 0 Å². The van der Waals surface area contributed by atoms with Crippen LogP contribution in [-0.2, 0) is 12.8 Å². The Morgan fingerprint density at radius 2 is 1.86 bits per heavy atom. The van der Waals surface area contributed by atoms with Crippen molar-refractivity contribution in [3.63, 3.8) is 0 Å². The van der Waals surface area contributed by atoms with Gasteiger partial charge in [-0.15, -0.1) is 0 Å². The molecule has 0 aliphatic heterocycles. The van der Waals surface area contributed by atoms with Crippen molar-refractivity contribution >= 4 is 5.82 Å². The summed E-state index contributed by atoms with van der Waals surface area (Å²) in [6.45, 7) is 7.53. The smallest absolute Gasteiger partial charge is 0.133 e. The Bertz CT molecular complexity index is 469. The lowest BCUT2D eigenvalue weighted by Crippen LogP contribution is -2.30. The number of rotatable bonds is 7. The van der Waals surface area contributed by atoms with Gasteiger partial charge in [0.15, 0.2) is 0 Å². The maximum absolute atomic E-state index is 9.34. The maximum Gasteiger partial charge on any atom is 0.133 e. The van der Waals surface area contributed by atoms with Crippen LogP contribution in [0.5, 0.6) is 0 Å². The van der Waals surface area contributed by atoms with E-state index in [0.29, 0.717) is 0 Å². The highest BCUT2D eigenvalue weighted by molar-refractivity contribution is 5.48. The Morgan fingerprint density at radius 1 is 1.14 bits per heavy atom. The lowest BCUT2D eigenvalue weighted by molar-refractivity contribution is 0.179. The van der Waals surface area contributed by atoms with Crippen molar-refractivity contribution < 1.29 is 5.11 Å². The lowest BCUT2D eigenvalue weighted by Gasteiger charge is -2.32. The van der Waals surface area contributed by atoms with Gasteiger partial charge in [0.25, 0.3) is 0 Å². The van der Waals surface area contributed by atoms with Crippen LogP contribution in [0.4, 0.5) is 5.82 Å². The van der Waals surface area contributed by atoms with Crippen LogP contribution >= 0.6 is 0 Å². The number of aryl methyl sites for hydroxylation is 2. The quantitative estimate of drug-likeness (QED) is 0.809. The molecular weight excluding hydrogens is 262 g/mol. The van der Waals surface area contributed by atoms with Crippen molar-refractivity contribution in [2.24, 2.45) is 5.41 Å². The van der Waals surface area contributed by atoms with Crippen LogP contribution in [0, 0.1) is 12.3 Å². The number of nitrogens with one attached hydrogen (secondary N) is 1. The van der Waals surface area contributed by atoms with Crippen LogP contribution in [0.2, 0.25) is 0 Å². The summed E-state index contributed by atoms with van der Waals surface area (Å²) in [5, 5.41) is 12.9. The molecule has 0 saturated heterocycles. The van der Waals surface area contributed by atoms with Crippen molar-refractivity contribution in [3.05, 3.63) is 17.1 Å². The first kappa shape index (κ1) is 16.2. The molecule has 2 N–H and O–H groups in total. The molecule has 21 heavy (non-hydrogen) atoms. The predicted octanol–water partition coefficient (Wildman–Crippen LogP) is 3.26. The van der Waals surface area contributed by atoms with Crippen molar-refractivity contribution in [2.75, 3.05) is 18.5 Å². The van der Waals surface area contributed by atoms with Crippen LogP contribution in [0.25, 0.3) is 0 Å². The number of hydrogen-bond acceptors (Lipinski definition) is 4. The SMILES string of the molecule is CCC(CC)(CCO)CNc1nc(C)nc2c1CCCC2. The number of fused-ring (bicyclic) bond motifs is 1. The first-order chi connectivity index (χ1) is 10.1. The third kappa shape index (κ3) is 3.73. The monoisotopic (exact) mass is 291 g/mol. The fourth-order valence-corrected chi connectivity index (χ4v) is 3.31. The number of hydrogen-bond donors (Lipinski definition) is 2. The molecule has 4 nitrogen and oxygen atoms in total. The molecule has 0 unspecified atom stereocenters. The van der Waals surface area contributed by atoms with E-state index in [1.54, 1.807) is 0 Å². The third-order valence-corrected chi connectivity index (χ3v) is 5.07. The van der Waals surface area contributed by atoms with Gasteiger partial charge in [-0.05, 0) is 57.3 Å². The zero-order valence-corrected chi connectivity index (χ0v) is 13.7. The van der Waals surface area contributed by atoms with E-state index in [0.717, 1.165) is 50.3 Å². The Kier molecular flexibility index (Phi) is 5.57. The van der Waals surface area contributed by atoms with Crippen LogP contribution in [0.3, 0.4) is 0 Å². The van der Waals surface area contributed by atoms with E-state index in [4.69, 9.17) is 0 Å². The standard InChI is InChI=1S/C17H29N3O/c1-4-17(5-2,10-11-21)12-18-16-14-8-6-7-9-15(14)19-13(3)20-16/h21H,4-12H2,1-3H3,(H,18,19,20). The summed E-state index contributed by atoms with van der Waals surface area (Å²) >= 11 is 0. The zero-order chi connectivity index (χ0) is 15.3. The summed E-state index contributed by atoms with van der Waals surface area (Å²) in [7, 11) is 0. The van der Waals surface area contributed by atoms with Crippen LogP contribution in [-0.4, -0.2) is 28.2 Å². The minimum absolute atomic E-state index is 0.162. The number of aliphatic hydroxyl groups is 1. The molecular formula is C17H29N3O. The molecule has 118 valence electrons. The molecule has 0 spiro atoms. The molecule has 0 radical (unpaired) electrons. The second-order valence-electron chi connectivity index (χ2n) is 6.29. The number of aromatic nitrogens is 2. The topological polar surface area (TPSA) is 58.0 Å². The van der Waals surface area contributed by atoms with E-state index in [-0.39, 0.29) is 12.0 Å². The first-order valence-electron chi connectivity index (χ1n) is 8.35. The minimum atomic E-state index is 0.162. The number of anilines is 1. The van der Waals surface area contributed by atoms with E-state index < -0.39 is 0 Å². The van der Waals surface area contributed by atoms with Gasteiger partial charge in [0.05, 0.1) is 0 Å². The van der Waals surface area contributed by atoms with Gasteiger partial charge in [0.2, 0.25) is 0 Å². The maximum atomic E-state index is 9.34. The Hall–Kier alpha value is -1.16. The summed E-state index contributed by atoms with van der Waals surface area (Å²) in [5.41, 5.74) is 2.71. The molecule has 1 aliphatic carbocycles. The second kappa shape index (κ2) is 7.21. The van der Waals surface area contributed by atoms with Gasteiger partial charge in [-0.3, -0.25) is 0 Å². The number of aliphatic hydroxyl groups excluding tert-OH is 1. The Morgan fingerprint density at radius 3 is 2.52 bits per heavy atom. The zero-order valence-electron chi connectivity index (χ0n) is 13.7. The molecule has 1 aliphatic rings. The lowest BCUT2D eigenvalue weighted by atomic mass is 9.79. The predicted molar refractivity (Wildman–Crippen MR) is 86.6 cm³/mol. The normalized spacial score (nSPS) is 14.9. The molecule has 0 saturated carbocycles. The van der Waals surface area contributed by atoms with Gasteiger partial charge < -0.3 is 10.4 Å². The van der Waals surface area contributed by atoms with Crippen LogP contribution < -0.4 is 5.32 Å². The largest absolute Gasteiger partial charge is 0.396 e. The molecule has 2 rings (SSSR count). The molecule has 0 atom stereocenters. The molecule has 1 aromatic rings. The fraction of sp³-hybridized carbons (Fsp3) is 0.765. The summed E-state index contributed by atoms with van der Waals surface area (Å²) in [6, 6.07) is 0. The van der Waals surface area contributed by atoms with E-state index in [1.807, 2.05) is 6.92 Å². The highest BCUT2D eigenvalue weighted by Crippen LogP contribution is 2.32. The van der Waals surface area contributed by atoms with Crippen molar-refractivity contribution in [1.29, 1.82) is 0 Å². The van der Waals surface area contributed by atoms with Crippen molar-refractivity contribution in [2.45, 2.75) is 65.7 Å². The molecule has 1 heterocycles. The average Bonchev–Trinajstić information content (AvgIpc) is 2.51. The summed E-state index contributed by atoms with van der Waals surface area (Å²) in [5.74, 6) is 1.89. The van der Waals surface area contributed by atoms with E-state index in [1.165, 1.54) is 24.1 Å². The van der Waals surface area contributed by atoms with Gasteiger partial charge in [0, 0.05) is 24.4 Å². The fourth-order valence-electron chi connectivity index (χ4n) is 3.31.